The molecule has 3 nitrogen and oxygen atoms in total. The van der Waals surface area contributed by atoms with Gasteiger partial charge in [0.2, 0.25) is 0 Å². The largest absolute Gasteiger partial charge is 0.316 e. The molecular weight excluding hydrogens is 218 g/mol. The molecule has 0 amide bonds. The van der Waals surface area contributed by atoms with Crippen molar-refractivity contribution in [1.82, 2.24) is 15.6 Å². The minimum absolute atomic E-state index is 0.446. The molecule has 0 aliphatic carbocycles. The molecule has 1 aromatic rings. The summed E-state index contributed by atoms with van der Waals surface area (Å²) in [5.41, 5.74) is 0.446. The Labute approximate surface area is 102 Å². The lowest BCUT2D eigenvalue weighted by Crippen LogP contribution is -2.44. The normalized spacial score (nSPS) is 25.8. The lowest BCUT2D eigenvalue weighted by atomic mass is 9.83. The lowest BCUT2D eigenvalue weighted by Gasteiger charge is -2.34. The van der Waals surface area contributed by atoms with Gasteiger partial charge in [0.15, 0.2) is 0 Å². The van der Waals surface area contributed by atoms with E-state index in [1.54, 1.807) is 11.3 Å². The summed E-state index contributed by atoms with van der Waals surface area (Å²) in [4.78, 5) is 4.28. The molecule has 1 saturated heterocycles. The van der Waals surface area contributed by atoms with E-state index in [2.05, 4.69) is 22.5 Å². The summed E-state index contributed by atoms with van der Waals surface area (Å²) in [6, 6.07) is 0. The summed E-state index contributed by atoms with van der Waals surface area (Å²) >= 11 is 1.74. The van der Waals surface area contributed by atoms with Crippen molar-refractivity contribution in [2.24, 2.45) is 5.41 Å². The van der Waals surface area contributed by atoms with Gasteiger partial charge in [0.25, 0.3) is 0 Å². The third kappa shape index (κ3) is 3.54. The molecule has 2 rings (SSSR count). The Morgan fingerprint density at radius 1 is 1.62 bits per heavy atom. The molecule has 0 aromatic carbocycles. The molecule has 1 fully saturated rings. The van der Waals surface area contributed by atoms with Gasteiger partial charge >= 0.3 is 0 Å². The van der Waals surface area contributed by atoms with E-state index in [9.17, 15) is 0 Å². The van der Waals surface area contributed by atoms with Crippen LogP contribution in [0, 0.1) is 5.41 Å². The van der Waals surface area contributed by atoms with Gasteiger partial charge in [-0.25, -0.2) is 4.98 Å². The Balaban J connectivity index is 1.63. The van der Waals surface area contributed by atoms with Crippen LogP contribution in [0.1, 0.15) is 24.8 Å². The number of piperidine rings is 1. The number of rotatable bonds is 5. The van der Waals surface area contributed by atoms with Crippen LogP contribution in [-0.2, 0) is 6.42 Å². The topological polar surface area (TPSA) is 37.0 Å². The first-order chi connectivity index (χ1) is 7.79. The molecule has 1 unspecified atom stereocenters. The molecule has 0 radical (unpaired) electrons. The maximum absolute atomic E-state index is 4.28. The smallest absolute Gasteiger partial charge is 0.0937 e. The molecule has 1 aromatic heterocycles. The van der Waals surface area contributed by atoms with E-state index in [1.165, 1.54) is 24.4 Å². The van der Waals surface area contributed by atoms with Crippen LogP contribution in [0.4, 0.5) is 0 Å². The Bertz CT molecular complexity index is 291. The van der Waals surface area contributed by atoms with E-state index in [1.807, 2.05) is 11.6 Å². The molecule has 2 heterocycles. The van der Waals surface area contributed by atoms with Crippen LogP contribution < -0.4 is 10.6 Å². The van der Waals surface area contributed by atoms with Gasteiger partial charge in [-0.1, -0.05) is 6.92 Å². The monoisotopic (exact) mass is 239 g/mol. The maximum Gasteiger partial charge on any atom is 0.0937 e. The second kappa shape index (κ2) is 5.75. The van der Waals surface area contributed by atoms with Crippen molar-refractivity contribution in [1.29, 1.82) is 0 Å². The summed E-state index contributed by atoms with van der Waals surface area (Å²) in [7, 11) is 0. The number of nitrogens with zero attached hydrogens (tertiary/aromatic N) is 1. The number of aromatic nitrogens is 1. The quantitative estimate of drug-likeness (QED) is 0.767. The van der Waals surface area contributed by atoms with Crippen LogP contribution in [0.3, 0.4) is 0 Å². The highest BCUT2D eigenvalue weighted by molar-refractivity contribution is 7.09. The van der Waals surface area contributed by atoms with E-state index in [-0.39, 0.29) is 0 Å². The minimum atomic E-state index is 0.446. The fourth-order valence-electron chi connectivity index (χ4n) is 2.23. The van der Waals surface area contributed by atoms with Gasteiger partial charge in [-0.3, -0.25) is 0 Å². The Kier molecular flexibility index (Phi) is 4.32. The maximum atomic E-state index is 4.28. The third-order valence-corrected chi connectivity index (χ3v) is 4.08. The zero-order valence-corrected chi connectivity index (χ0v) is 10.8. The minimum Gasteiger partial charge on any atom is -0.316 e. The summed E-state index contributed by atoms with van der Waals surface area (Å²) in [5, 5.41) is 10.3. The van der Waals surface area contributed by atoms with Crippen molar-refractivity contribution in [3.63, 3.8) is 0 Å². The standard InChI is InChI=1S/C12H21N3S/c1-12(4-2-5-13-9-12)10-14-6-3-11-15-7-8-16-11/h7-8,13-14H,2-6,9-10H2,1H3. The first-order valence-corrected chi connectivity index (χ1v) is 6.96. The lowest BCUT2D eigenvalue weighted by molar-refractivity contribution is 0.227. The second-order valence-corrected chi connectivity index (χ2v) is 5.92. The molecular formula is C12H21N3S. The summed E-state index contributed by atoms with van der Waals surface area (Å²) < 4.78 is 0. The van der Waals surface area contributed by atoms with Gasteiger partial charge in [0.05, 0.1) is 5.01 Å². The average Bonchev–Trinajstić information content (AvgIpc) is 2.78. The zero-order valence-electron chi connectivity index (χ0n) is 9.96. The van der Waals surface area contributed by atoms with Crippen LogP contribution >= 0.6 is 11.3 Å². The van der Waals surface area contributed by atoms with Crippen molar-refractivity contribution >= 4 is 11.3 Å². The van der Waals surface area contributed by atoms with Gasteiger partial charge in [0.1, 0.15) is 0 Å². The van der Waals surface area contributed by atoms with Gasteiger partial charge in [-0.2, -0.15) is 0 Å². The SMILES string of the molecule is CC1(CNCCc2nccs2)CCCNC1. The highest BCUT2D eigenvalue weighted by Crippen LogP contribution is 2.23. The van der Waals surface area contributed by atoms with Gasteiger partial charge in [0, 0.05) is 37.6 Å². The Morgan fingerprint density at radius 3 is 3.25 bits per heavy atom. The summed E-state index contributed by atoms with van der Waals surface area (Å²) in [6.45, 7) is 6.87. The molecule has 1 aliphatic heterocycles. The summed E-state index contributed by atoms with van der Waals surface area (Å²) in [6.07, 6.45) is 5.59. The first-order valence-electron chi connectivity index (χ1n) is 6.08. The van der Waals surface area contributed by atoms with Crippen molar-refractivity contribution in [2.45, 2.75) is 26.2 Å². The molecule has 1 atom stereocenters. The number of hydrogen-bond donors (Lipinski definition) is 2. The van der Waals surface area contributed by atoms with Crippen LogP contribution in [0.25, 0.3) is 0 Å². The predicted molar refractivity (Wildman–Crippen MR) is 68.9 cm³/mol. The van der Waals surface area contributed by atoms with Crippen LogP contribution in [0.15, 0.2) is 11.6 Å². The first kappa shape index (κ1) is 12.0. The van der Waals surface area contributed by atoms with Gasteiger partial charge in [-0.05, 0) is 24.8 Å². The van der Waals surface area contributed by atoms with E-state index in [0.29, 0.717) is 5.41 Å². The van der Waals surface area contributed by atoms with Crippen LogP contribution in [0.2, 0.25) is 0 Å². The van der Waals surface area contributed by atoms with Crippen molar-refractivity contribution in [3.05, 3.63) is 16.6 Å². The van der Waals surface area contributed by atoms with Gasteiger partial charge in [-0.15, -0.1) is 11.3 Å². The summed E-state index contributed by atoms with van der Waals surface area (Å²) in [5.74, 6) is 0. The van der Waals surface area contributed by atoms with Crippen molar-refractivity contribution in [3.8, 4) is 0 Å². The zero-order chi connectivity index (χ0) is 11.3. The van der Waals surface area contributed by atoms with Crippen LogP contribution in [0.5, 0.6) is 0 Å². The predicted octanol–water partition coefficient (Wildman–Crippen LogP) is 1.66. The number of nitrogens with one attached hydrogen (secondary N) is 2. The van der Waals surface area contributed by atoms with Crippen molar-refractivity contribution < 1.29 is 0 Å². The fourth-order valence-corrected chi connectivity index (χ4v) is 2.85. The molecule has 0 bridgehead atoms. The second-order valence-electron chi connectivity index (χ2n) is 4.94. The molecule has 0 saturated carbocycles. The molecule has 1 aliphatic rings. The Morgan fingerprint density at radius 2 is 2.56 bits per heavy atom. The highest BCUT2D eigenvalue weighted by Gasteiger charge is 2.25. The third-order valence-electron chi connectivity index (χ3n) is 3.24. The molecule has 90 valence electrons. The molecule has 16 heavy (non-hydrogen) atoms. The van der Waals surface area contributed by atoms with E-state index in [4.69, 9.17) is 0 Å². The van der Waals surface area contributed by atoms with Crippen LogP contribution in [-0.4, -0.2) is 31.2 Å². The highest BCUT2D eigenvalue weighted by atomic mass is 32.1. The van der Waals surface area contributed by atoms with E-state index >= 15 is 0 Å². The fraction of sp³-hybridized carbons (Fsp3) is 0.750. The van der Waals surface area contributed by atoms with Crippen molar-refractivity contribution in [2.75, 3.05) is 26.2 Å². The number of thiazole rings is 1. The average molecular weight is 239 g/mol. The van der Waals surface area contributed by atoms with E-state index < -0.39 is 0 Å². The Hall–Kier alpha value is -0.450. The number of hydrogen-bond acceptors (Lipinski definition) is 4. The molecule has 2 N–H and O–H groups in total. The van der Waals surface area contributed by atoms with E-state index in [0.717, 1.165) is 26.1 Å². The van der Waals surface area contributed by atoms with Gasteiger partial charge < -0.3 is 10.6 Å². The molecule has 0 spiro atoms. The molecule has 4 heteroatoms.